The van der Waals surface area contributed by atoms with Crippen molar-refractivity contribution in [2.24, 2.45) is 11.8 Å². The van der Waals surface area contributed by atoms with E-state index in [1.165, 1.54) is 10.4 Å². The van der Waals surface area contributed by atoms with Gasteiger partial charge in [-0.05, 0) is 58.6 Å². The summed E-state index contributed by atoms with van der Waals surface area (Å²) in [4.78, 5) is 12.8. The van der Waals surface area contributed by atoms with Crippen molar-refractivity contribution in [1.29, 1.82) is 0 Å². The maximum atomic E-state index is 12.8. The third kappa shape index (κ3) is 6.65. The minimum atomic E-state index is -2.76. The molecule has 1 aliphatic heterocycles. The molecule has 0 saturated carbocycles. The second-order valence-corrected chi connectivity index (χ2v) is 16.8. The zero-order chi connectivity index (χ0) is 30.5. The van der Waals surface area contributed by atoms with Gasteiger partial charge >= 0.3 is 0 Å². The van der Waals surface area contributed by atoms with Gasteiger partial charge in [-0.25, -0.2) is 0 Å². The Morgan fingerprint density at radius 1 is 0.860 bits per heavy atom. The van der Waals surface area contributed by atoms with Gasteiger partial charge in [-0.1, -0.05) is 87.0 Å². The Labute approximate surface area is 257 Å². The molecule has 0 aromatic heterocycles. The number of benzene rings is 3. The predicted octanol–water partition coefficient (Wildman–Crippen LogP) is 5.93. The molecule has 228 valence electrons. The summed E-state index contributed by atoms with van der Waals surface area (Å²) in [5, 5.41) is 2.29. The van der Waals surface area contributed by atoms with E-state index in [1.807, 2.05) is 42.5 Å². The molecule has 2 aliphatic rings. The average Bonchev–Trinajstić information content (AvgIpc) is 3.42. The second kappa shape index (κ2) is 13.6. The Bertz CT molecular complexity index is 1330. The molecule has 0 radical (unpaired) electrons. The van der Waals surface area contributed by atoms with Crippen LogP contribution in [0.4, 0.5) is 0 Å². The zero-order valence-electron chi connectivity index (χ0n) is 26.0. The van der Waals surface area contributed by atoms with E-state index in [-0.39, 0.29) is 28.8 Å². The number of rotatable bonds is 12. The van der Waals surface area contributed by atoms with E-state index in [4.69, 9.17) is 23.4 Å². The zero-order valence-corrected chi connectivity index (χ0v) is 27.0. The molecular weight excluding hydrogens is 556 g/mol. The van der Waals surface area contributed by atoms with Gasteiger partial charge in [0.25, 0.3) is 8.32 Å². The van der Waals surface area contributed by atoms with Crippen LogP contribution in [0.15, 0.2) is 96.6 Å². The fourth-order valence-electron chi connectivity index (χ4n) is 6.75. The van der Waals surface area contributed by atoms with E-state index in [0.29, 0.717) is 19.6 Å². The summed E-state index contributed by atoms with van der Waals surface area (Å²) < 4.78 is 31.0. The van der Waals surface area contributed by atoms with Crippen LogP contribution in [0.1, 0.15) is 40.0 Å². The molecule has 6 nitrogen and oxygen atoms in total. The van der Waals surface area contributed by atoms with Crippen molar-refractivity contribution in [3.05, 3.63) is 96.6 Å². The molecule has 3 aromatic carbocycles. The van der Waals surface area contributed by atoms with Crippen molar-refractivity contribution in [3.63, 3.8) is 0 Å². The number of methoxy groups -OCH3 is 2. The number of fused-ring (bicyclic) bond motifs is 1. The van der Waals surface area contributed by atoms with Crippen LogP contribution in [0.25, 0.3) is 0 Å². The quantitative estimate of drug-likeness (QED) is 0.190. The Morgan fingerprint density at radius 3 is 2.02 bits per heavy atom. The van der Waals surface area contributed by atoms with E-state index in [2.05, 4.69) is 69.3 Å². The first kappa shape index (κ1) is 31.2. The first-order chi connectivity index (χ1) is 20.8. The molecule has 0 amide bonds. The molecular formula is C36H44O6Si. The molecule has 0 spiro atoms. The highest BCUT2D eigenvalue weighted by atomic mass is 28.4. The summed E-state index contributed by atoms with van der Waals surface area (Å²) >= 11 is 0. The van der Waals surface area contributed by atoms with E-state index in [1.54, 1.807) is 14.2 Å². The summed E-state index contributed by atoms with van der Waals surface area (Å²) in [5.41, 5.74) is 1.13. The summed E-state index contributed by atoms with van der Waals surface area (Å²) in [6.45, 7) is 7.76. The van der Waals surface area contributed by atoms with Crippen LogP contribution in [0.2, 0.25) is 5.04 Å². The van der Waals surface area contributed by atoms with Crippen molar-refractivity contribution in [1.82, 2.24) is 0 Å². The van der Waals surface area contributed by atoms with Gasteiger partial charge in [-0.2, -0.15) is 0 Å². The summed E-state index contributed by atoms with van der Waals surface area (Å²) in [5.74, 6) is 1.72. The SMILES string of the molecule is COc1ccc(OCCC[C@@H]2C3=CC(=O)C[C@@H]3[C@@H](CO[Si](c3ccccc3)(c3ccccc3)C(C)(C)C)O[C@@H]2OC)cc1. The lowest BCUT2D eigenvalue weighted by molar-refractivity contribution is -0.213. The number of hydrogen-bond donors (Lipinski definition) is 0. The second-order valence-electron chi connectivity index (χ2n) is 12.4. The highest BCUT2D eigenvalue weighted by Gasteiger charge is 2.52. The highest BCUT2D eigenvalue weighted by molar-refractivity contribution is 6.99. The molecule has 43 heavy (non-hydrogen) atoms. The lowest BCUT2D eigenvalue weighted by Gasteiger charge is -2.46. The number of hydrogen-bond acceptors (Lipinski definition) is 6. The highest BCUT2D eigenvalue weighted by Crippen LogP contribution is 2.44. The Hall–Kier alpha value is -3.23. The van der Waals surface area contributed by atoms with Gasteiger partial charge in [-0.15, -0.1) is 0 Å². The lowest BCUT2D eigenvalue weighted by Crippen LogP contribution is -2.67. The van der Waals surface area contributed by atoms with Crippen LogP contribution in [-0.2, 0) is 18.7 Å². The molecule has 4 atom stereocenters. The van der Waals surface area contributed by atoms with Gasteiger partial charge in [0.15, 0.2) is 12.1 Å². The first-order valence-electron chi connectivity index (χ1n) is 15.2. The molecule has 0 bridgehead atoms. The fraction of sp³-hybridized carbons (Fsp3) is 0.417. The van der Waals surface area contributed by atoms with Crippen molar-refractivity contribution in [2.45, 2.75) is 57.5 Å². The van der Waals surface area contributed by atoms with Crippen LogP contribution in [0.5, 0.6) is 11.5 Å². The van der Waals surface area contributed by atoms with Crippen molar-refractivity contribution >= 4 is 24.5 Å². The Kier molecular flexibility index (Phi) is 9.87. The standard InChI is InChI=1S/C36H44O6Si/c1-36(2,3)43(29-13-8-6-9-14-29,30-15-10-7-11-16-30)41-25-34-33-24-26(37)23-32(33)31(35(39-5)42-34)17-12-22-40-28-20-18-27(38-4)19-21-28/h6-11,13-16,18-21,23,31,33-35H,12,17,22,24-25H2,1-5H3/t31-,33+,34-,35+/m1/s1. The van der Waals surface area contributed by atoms with Gasteiger partial charge in [-0.3, -0.25) is 4.79 Å². The predicted molar refractivity (Wildman–Crippen MR) is 172 cm³/mol. The number of allylic oxidation sites excluding steroid dienone is 1. The van der Waals surface area contributed by atoms with Crippen LogP contribution < -0.4 is 19.8 Å². The summed E-state index contributed by atoms with van der Waals surface area (Å²) in [7, 11) is 0.575. The molecule has 1 saturated heterocycles. The molecule has 0 unspecified atom stereocenters. The van der Waals surface area contributed by atoms with Gasteiger partial charge in [0, 0.05) is 25.4 Å². The van der Waals surface area contributed by atoms with Crippen LogP contribution >= 0.6 is 0 Å². The molecule has 1 heterocycles. The van der Waals surface area contributed by atoms with E-state index in [9.17, 15) is 4.79 Å². The number of carbonyl (C=O) groups is 1. The average molecular weight is 601 g/mol. The topological polar surface area (TPSA) is 63.2 Å². The smallest absolute Gasteiger partial charge is 0.261 e. The van der Waals surface area contributed by atoms with Crippen LogP contribution in [-0.4, -0.2) is 53.9 Å². The maximum absolute atomic E-state index is 12.8. The van der Waals surface area contributed by atoms with E-state index in [0.717, 1.165) is 29.9 Å². The van der Waals surface area contributed by atoms with Crippen molar-refractivity contribution in [2.75, 3.05) is 27.4 Å². The molecule has 3 aromatic rings. The maximum Gasteiger partial charge on any atom is 0.261 e. The Balaban J connectivity index is 1.33. The normalized spacial score (nSPS) is 22.2. The van der Waals surface area contributed by atoms with Crippen LogP contribution in [0, 0.1) is 11.8 Å². The number of carbonyl (C=O) groups excluding carboxylic acids is 1. The lowest BCUT2D eigenvalue weighted by atomic mass is 9.81. The van der Waals surface area contributed by atoms with Gasteiger partial charge < -0.3 is 23.4 Å². The van der Waals surface area contributed by atoms with Crippen molar-refractivity contribution < 1.29 is 28.2 Å². The van der Waals surface area contributed by atoms with Crippen LogP contribution in [0.3, 0.4) is 0 Å². The van der Waals surface area contributed by atoms with Gasteiger partial charge in [0.05, 0.1) is 26.4 Å². The minimum Gasteiger partial charge on any atom is -0.497 e. The third-order valence-electron chi connectivity index (χ3n) is 8.79. The number of ketones is 1. The fourth-order valence-corrected chi connectivity index (χ4v) is 11.3. The molecule has 1 fully saturated rings. The molecule has 7 heteroatoms. The number of ether oxygens (including phenoxy) is 4. The molecule has 0 N–H and O–H groups in total. The van der Waals surface area contributed by atoms with Gasteiger partial charge in [0.2, 0.25) is 0 Å². The summed E-state index contributed by atoms with van der Waals surface area (Å²) in [6.07, 6.45) is 3.15. The van der Waals surface area contributed by atoms with E-state index >= 15 is 0 Å². The third-order valence-corrected chi connectivity index (χ3v) is 13.8. The largest absolute Gasteiger partial charge is 0.497 e. The molecule has 1 aliphatic carbocycles. The van der Waals surface area contributed by atoms with Crippen molar-refractivity contribution in [3.8, 4) is 11.5 Å². The summed E-state index contributed by atoms with van der Waals surface area (Å²) in [6, 6.07) is 28.8. The Morgan fingerprint density at radius 2 is 1.47 bits per heavy atom. The van der Waals surface area contributed by atoms with Gasteiger partial charge in [0.1, 0.15) is 11.5 Å². The molecule has 5 rings (SSSR count). The first-order valence-corrected chi connectivity index (χ1v) is 17.1. The minimum absolute atomic E-state index is 0.00923. The monoisotopic (exact) mass is 600 g/mol. The van der Waals surface area contributed by atoms with E-state index < -0.39 is 14.6 Å².